The van der Waals surface area contributed by atoms with Crippen molar-refractivity contribution in [2.45, 2.75) is 0 Å². The molecular weight excluding hydrogens is 214 g/mol. The van der Waals surface area contributed by atoms with Crippen LogP contribution < -0.4 is 10.1 Å². The van der Waals surface area contributed by atoms with E-state index >= 15 is 0 Å². The average molecular weight is 221 g/mol. The van der Waals surface area contributed by atoms with Crippen LogP contribution in [-0.2, 0) is 0 Å². The van der Waals surface area contributed by atoms with Gasteiger partial charge in [0.1, 0.15) is 11.3 Å². The molecule has 1 amide bonds. The molecule has 0 aliphatic rings. The fourth-order valence-electron chi connectivity index (χ4n) is 1.10. The first-order valence-electron chi connectivity index (χ1n) is 4.12. The molecule has 0 fully saturated rings. The maximum Gasteiger partial charge on any atom is 0.285 e. The first-order chi connectivity index (χ1) is 7.60. The highest BCUT2D eigenvalue weighted by Crippen LogP contribution is 2.24. The van der Waals surface area contributed by atoms with Crippen molar-refractivity contribution in [2.75, 3.05) is 7.11 Å². The van der Waals surface area contributed by atoms with Crippen molar-refractivity contribution in [3.05, 3.63) is 33.9 Å². The van der Waals surface area contributed by atoms with Gasteiger partial charge in [0.15, 0.2) is 6.19 Å². The summed E-state index contributed by atoms with van der Waals surface area (Å²) in [5, 5.41) is 20.8. The molecule has 0 heterocycles. The van der Waals surface area contributed by atoms with E-state index in [4.69, 9.17) is 10.00 Å². The normalized spacial score (nSPS) is 9.00. The molecule has 0 aliphatic heterocycles. The van der Waals surface area contributed by atoms with E-state index in [-0.39, 0.29) is 11.3 Å². The Bertz CT molecular complexity index is 478. The van der Waals surface area contributed by atoms with Crippen LogP contribution in [0.1, 0.15) is 10.4 Å². The number of benzene rings is 1. The highest BCUT2D eigenvalue weighted by Gasteiger charge is 2.20. The second kappa shape index (κ2) is 4.75. The van der Waals surface area contributed by atoms with Crippen LogP contribution in [0, 0.1) is 21.6 Å². The summed E-state index contributed by atoms with van der Waals surface area (Å²) in [5.74, 6) is -0.558. The van der Waals surface area contributed by atoms with Crippen molar-refractivity contribution in [3.8, 4) is 11.9 Å². The molecule has 16 heavy (non-hydrogen) atoms. The third-order valence-electron chi connectivity index (χ3n) is 1.82. The average Bonchev–Trinajstić information content (AvgIpc) is 2.28. The zero-order valence-corrected chi connectivity index (χ0v) is 8.26. The zero-order valence-electron chi connectivity index (χ0n) is 8.26. The predicted molar refractivity (Wildman–Crippen MR) is 52.7 cm³/mol. The molecule has 0 unspecified atom stereocenters. The van der Waals surface area contributed by atoms with Gasteiger partial charge in [0.2, 0.25) is 0 Å². The van der Waals surface area contributed by atoms with Crippen LogP contribution in [0.3, 0.4) is 0 Å². The van der Waals surface area contributed by atoms with Crippen molar-refractivity contribution in [2.24, 2.45) is 0 Å². The first-order valence-corrected chi connectivity index (χ1v) is 4.12. The molecule has 1 aromatic rings. The van der Waals surface area contributed by atoms with Gasteiger partial charge in [-0.15, -0.1) is 0 Å². The number of nitro groups is 1. The Kier molecular flexibility index (Phi) is 3.40. The lowest BCUT2D eigenvalue weighted by atomic mass is 10.1. The topological polar surface area (TPSA) is 105 Å². The van der Waals surface area contributed by atoms with Gasteiger partial charge in [-0.25, -0.2) is 0 Å². The van der Waals surface area contributed by atoms with E-state index in [2.05, 4.69) is 0 Å². The van der Waals surface area contributed by atoms with E-state index in [1.807, 2.05) is 5.32 Å². The zero-order chi connectivity index (χ0) is 12.1. The van der Waals surface area contributed by atoms with Crippen molar-refractivity contribution in [3.63, 3.8) is 0 Å². The molecular formula is C9H7N3O4. The van der Waals surface area contributed by atoms with Gasteiger partial charge in [0.05, 0.1) is 18.1 Å². The Hall–Kier alpha value is -2.62. The molecule has 0 aromatic heterocycles. The maximum atomic E-state index is 11.3. The van der Waals surface area contributed by atoms with Gasteiger partial charge in [0, 0.05) is 0 Å². The van der Waals surface area contributed by atoms with Crippen molar-refractivity contribution in [1.29, 1.82) is 5.26 Å². The number of hydrogen-bond acceptors (Lipinski definition) is 5. The van der Waals surface area contributed by atoms with E-state index in [9.17, 15) is 14.9 Å². The number of carbonyl (C=O) groups is 1. The number of nitrogens with one attached hydrogen (secondary N) is 1. The van der Waals surface area contributed by atoms with Gasteiger partial charge in [-0.1, -0.05) is 0 Å². The Balaban J connectivity index is 3.24. The van der Waals surface area contributed by atoms with E-state index in [0.29, 0.717) is 0 Å². The monoisotopic (exact) mass is 221 g/mol. The lowest BCUT2D eigenvalue weighted by Gasteiger charge is -2.03. The smallest absolute Gasteiger partial charge is 0.285 e. The fraction of sp³-hybridized carbons (Fsp3) is 0.111. The molecule has 1 N–H and O–H groups in total. The molecule has 1 rings (SSSR count). The largest absolute Gasteiger partial charge is 0.497 e. The molecule has 0 radical (unpaired) electrons. The van der Waals surface area contributed by atoms with Gasteiger partial charge >= 0.3 is 0 Å². The number of methoxy groups -OCH3 is 1. The quantitative estimate of drug-likeness (QED) is 0.352. The summed E-state index contributed by atoms with van der Waals surface area (Å²) in [6.07, 6.45) is 1.41. The third kappa shape index (κ3) is 2.24. The highest BCUT2D eigenvalue weighted by atomic mass is 16.6. The van der Waals surface area contributed by atoms with Crippen LogP contribution in [0.25, 0.3) is 0 Å². The van der Waals surface area contributed by atoms with E-state index < -0.39 is 16.5 Å². The summed E-state index contributed by atoms with van der Waals surface area (Å²) in [6, 6.07) is 3.75. The molecule has 1 aromatic carbocycles. The van der Waals surface area contributed by atoms with Crippen LogP contribution in [0.5, 0.6) is 5.75 Å². The molecule has 82 valence electrons. The van der Waals surface area contributed by atoms with E-state index in [1.165, 1.54) is 25.4 Å². The number of rotatable bonds is 3. The van der Waals surface area contributed by atoms with E-state index in [0.717, 1.165) is 6.07 Å². The SMILES string of the molecule is COc1ccc(C(=O)NC#N)c([N+](=O)[O-])c1. The fourth-order valence-corrected chi connectivity index (χ4v) is 1.10. The molecule has 0 atom stereocenters. The van der Waals surface area contributed by atoms with Crippen molar-refractivity contribution >= 4 is 11.6 Å². The Morgan fingerprint density at radius 3 is 2.81 bits per heavy atom. The Labute approximate surface area is 90.4 Å². The number of nitro benzene ring substituents is 1. The second-order valence-corrected chi connectivity index (χ2v) is 2.71. The van der Waals surface area contributed by atoms with Crippen molar-refractivity contribution < 1.29 is 14.5 Å². The summed E-state index contributed by atoms with van der Waals surface area (Å²) in [6.45, 7) is 0. The number of ether oxygens (including phenoxy) is 1. The number of amides is 1. The first kappa shape index (κ1) is 11.5. The van der Waals surface area contributed by atoms with Gasteiger partial charge in [-0.05, 0) is 12.1 Å². The highest BCUT2D eigenvalue weighted by molar-refractivity contribution is 5.99. The van der Waals surface area contributed by atoms with Crippen LogP contribution in [0.15, 0.2) is 18.2 Å². The minimum atomic E-state index is -0.822. The molecule has 0 bridgehead atoms. The van der Waals surface area contributed by atoms with Gasteiger partial charge in [-0.3, -0.25) is 20.2 Å². The second-order valence-electron chi connectivity index (χ2n) is 2.71. The lowest BCUT2D eigenvalue weighted by Crippen LogP contribution is -2.18. The Morgan fingerprint density at radius 2 is 2.31 bits per heavy atom. The number of hydrogen-bond donors (Lipinski definition) is 1. The lowest BCUT2D eigenvalue weighted by molar-refractivity contribution is -0.385. The van der Waals surface area contributed by atoms with Crippen LogP contribution in [0.4, 0.5) is 5.69 Å². The van der Waals surface area contributed by atoms with Gasteiger partial charge in [-0.2, -0.15) is 5.26 Å². The minimum absolute atomic E-state index is 0.188. The van der Waals surface area contributed by atoms with Gasteiger partial charge < -0.3 is 4.74 Å². The summed E-state index contributed by atoms with van der Waals surface area (Å²) >= 11 is 0. The van der Waals surface area contributed by atoms with E-state index in [1.54, 1.807) is 0 Å². The summed E-state index contributed by atoms with van der Waals surface area (Å²) in [5.41, 5.74) is -0.598. The van der Waals surface area contributed by atoms with Crippen LogP contribution in [-0.4, -0.2) is 17.9 Å². The van der Waals surface area contributed by atoms with Crippen LogP contribution >= 0.6 is 0 Å². The summed E-state index contributed by atoms with van der Waals surface area (Å²) < 4.78 is 4.80. The van der Waals surface area contributed by atoms with Crippen LogP contribution in [0.2, 0.25) is 0 Å². The molecule has 0 aliphatic carbocycles. The summed E-state index contributed by atoms with van der Waals surface area (Å²) in [7, 11) is 1.36. The minimum Gasteiger partial charge on any atom is -0.497 e. The maximum absolute atomic E-state index is 11.3. The molecule has 0 saturated heterocycles. The number of nitriles is 1. The molecule has 7 heteroatoms. The Morgan fingerprint density at radius 1 is 1.62 bits per heavy atom. The summed E-state index contributed by atoms with van der Waals surface area (Å²) in [4.78, 5) is 21.3. The van der Waals surface area contributed by atoms with Crippen molar-refractivity contribution in [1.82, 2.24) is 5.32 Å². The number of carbonyl (C=O) groups excluding carboxylic acids is 1. The number of nitrogens with zero attached hydrogens (tertiary/aromatic N) is 2. The molecule has 0 spiro atoms. The third-order valence-corrected chi connectivity index (χ3v) is 1.82. The molecule has 7 nitrogen and oxygen atoms in total. The predicted octanol–water partition coefficient (Wildman–Crippen LogP) is 0.814. The molecule has 0 saturated carbocycles. The van der Waals surface area contributed by atoms with Gasteiger partial charge in [0.25, 0.3) is 11.6 Å². The standard InChI is InChI=1S/C9H7N3O4/c1-16-6-2-3-7(9(13)11-5-10)8(4-6)12(14)15/h2-4H,1H3,(H,11,13).